The normalized spacial score (nSPS) is 21.0. The van der Waals surface area contributed by atoms with Gasteiger partial charge in [-0.25, -0.2) is 4.98 Å². The van der Waals surface area contributed by atoms with Gasteiger partial charge in [-0.1, -0.05) is 20.8 Å². The zero-order chi connectivity index (χ0) is 21.5. The molecular formula is C20H31F3N4O2. The topological polar surface area (TPSA) is 67.8 Å². The fourth-order valence-electron chi connectivity index (χ4n) is 3.42. The average Bonchev–Trinajstić information content (AvgIpc) is 2.66. The molecule has 2 N–H and O–H groups in total. The van der Waals surface area contributed by atoms with E-state index in [0.29, 0.717) is 18.4 Å². The summed E-state index contributed by atoms with van der Waals surface area (Å²) in [5.74, 6) is 1.19. The number of alkyl halides is 3. The number of ether oxygens (including phenoxy) is 2. The Morgan fingerprint density at radius 3 is 2.62 bits per heavy atom. The van der Waals surface area contributed by atoms with E-state index in [1.54, 1.807) is 7.05 Å². The van der Waals surface area contributed by atoms with Crippen molar-refractivity contribution in [2.75, 3.05) is 33.4 Å². The van der Waals surface area contributed by atoms with Crippen molar-refractivity contribution >= 4 is 5.96 Å². The van der Waals surface area contributed by atoms with E-state index in [2.05, 4.69) is 41.4 Å². The summed E-state index contributed by atoms with van der Waals surface area (Å²) < 4.78 is 49.0. The predicted molar refractivity (Wildman–Crippen MR) is 106 cm³/mol. The lowest BCUT2D eigenvalue weighted by molar-refractivity contribution is -0.137. The summed E-state index contributed by atoms with van der Waals surface area (Å²) >= 11 is 0. The van der Waals surface area contributed by atoms with Gasteiger partial charge in [-0.05, 0) is 24.3 Å². The molecule has 9 heteroatoms. The number of rotatable bonds is 6. The molecule has 1 aromatic heterocycles. The molecule has 0 saturated carbocycles. The third-order valence-corrected chi connectivity index (χ3v) is 4.76. The van der Waals surface area contributed by atoms with Crippen LogP contribution in [0.3, 0.4) is 0 Å². The Hall–Kier alpha value is -2.03. The third kappa shape index (κ3) is 7.38. The summed E-state index contributed by atoms with van der Waals surface area (Å²) in [6.07, 6.45) is -1.29. The van der Waals surface area contributed by atoms with Crippen molar-refractivity contribution in [1.29, 1.82) is 0 Å². The van der Waals surface area contributed by atoms with Crippen LogP contribution < -0.4 is 15.4 Å². The molecule has 0 amide bonds. The molecule has 1 aliphatic rings. The van der Waals surface area contributed by atoms with Crippen molar-refractivity contribution in [1.82, 2.24) is 15.6 Å². The molecule has 0 radical (unpaired) electrons. The zero-order valence-electron chi connectivity index (χ0n) is 17.5. The van der Waals surface area contributed by atoms with Crippen LogP contribution >= 0.6 is 0 Å². The maximum atomic E-state index is 12.5. The van der Waals surface area contributed by atoms with Crippen LogP contribution in [0.5, 0.6) is 5.88 Å². The number of nitrogens with one attached hydrogen (secondary N) is 2. The molecule has 0 aromatic carbocycles. The molecule has 2 unspecified atom stereocenters. The van der Waals surface area contributed by atoms with Gasteiger partial charge in [-0.2, -0.15) is 13.2 Å². The molecule has 1 aromatic rings. The first kappa shape index (κ1) is 23.3. The van der Waals surface area contributed by atoms with Crippen molar-refractivity contribution in [2.45, 2.75) is 45.9 Å². The van der Waals surface area contributed by atoms with Gasteiger partial charge in [0.25, 0.3) is 0 Å². The van der Waals surface area contributed by atoms with Gasteiger partial charge in [0.2, 0.25) is 5.88 Å². The summed E-state index contributed by atoms with van der Waals surface area (Å²) in [5, 5.41) is 6.46. The van der Waals surface area contributed by atoms with Crippen molar-refractivity contribution in [3.8, 4) is 5.88 Å². The Labute approximate surface area is 170 Å². The highest BCUT2D eigenvalue weighted by Crippen LogP contribution is 2.33. The molecule has 164 valence electrons. The Morgan fingerprint density at radius 1 is 1.28 bits per heavy atom. The van der Waals surface area contributed by atoms with Gasteiger partial charge in [0, 0.05) is 38.4 Å². The number of hydrogen-bond acceptors (Lipinski definition) is 4. The predicted octanol–water partition coefficient (Wildman–Crippen LogP) is 3.49. The lowest BCUT2D eigenvalue weighted by Gasteiger charge is -2.40. The number of hydrogen-bond donors (Lipinski definition) is 2. The summed E-state index contributed by atoms with van der Waals surface area (Å²) in [4.78, 5) is 7.88. The molecule has 2 atom stereocenters. The fourth-order valence-corrected chi connectivity index (χ4v) is 3.42. The second-order valence-corrected chi connectivity index (χ2v) is 8.17. The summed E-state index contributed by atoms with van der Waals surface area (Å²) in [6.45, 7) is 8.81. The maximum Gasteiger partial charge on any atom is 0.417 e. The van der Waals surface area contributed by atoms with Gasteiger partial charge in [-0.3, -0.25) is 4.99 Å². The number of guanidine groups is 1. The lowest BCUT2D eigenvalue weighted by atomic mass is 9.78. The molecule has 0 aliphatic carbocycles. The van der Waals surface area contributed by atoms with Gasteiger partial charge in [0.15, 0.2) is 5.96 Å². The molecule has 1 saturated heterocycles. The van der Waals surface area contributed by atoms with E-state index in [0.717, 1.165) is 38.3 Å². The van der Waals surface area contributed by atoms with Gasteiger partial charge in [-0.15, -0.1) is 0 Å². The average molecular weight is 416 g/mol. The van der Waals surface area contributed by atoms with Crippen LogP contribution in [0.1, 0.15) is 39.2 Å². The fraction of sp³-hybridized carbons (Fsp3) is 0.700. The van der Waals surface area contributed by atoms with Crippen molar-refractivity contribution < 1.29 is 22.6 Å². The highest BCUT2D eigenvalue weighted by Gasteiger charge is 2.35. The van der Waals surface area contributed by atoms with Gasteiger partial charge in [0.05, 0.1) is 18.2 Å². The van der Waals surface area contributed by atoms with E-state index in [1.807, 2.05) is 0 Å². The van der Waals surface area contributed by atoms with Crippen LogP contribution in [0.2, 0.25) is 0 Å². The molecular weight excluding hydrogens is 385 g/mol. The first-order chi connectivity index (χ1) is 13.6. The minimum atomic E-state index is -4.40. The van der Waals surface area contributed by atoms with Crippen molar-refractivity contribution in [2.24, 2.45) is 16.3 Å². The van der Waals surface area contributed by atoms with Crippen molar-refractivity contribution in [3.63, 3.8) is 0 Å². The monoisotopic (exact) mass is 416 g/mol. The molecule has 6 nitrogen and oxygen atoms in total. The molecule has 2 rings (SSSR count). The third-order valence-electron chi connectivity index (χ3n) is 4.76. The van der Waals surface area contributed by atoms with Gasteiger partial charge < -0.3 is 20.1 Å². The second kappa shape index (κ2) is 10.1. The maximum absolute atomic E-state index is 12.5. The minimum absolute atomic E-state index is 0.0756. The number of aromatic nitrogens is 1. The van der Waals surface area contributed by atoms with Crippen LogP contribution in [0, 0.1) is 11.3 Å². The van der Waals surface area contributed by atoms with Crippen LogP contribution in [0.4, 0.5) is 13.2 Å². The highest BCUT2D eigenvalue weighted by atomic mass is 19.4. The molecule has 1 fully saturated rings. The number of aliphatic imine (C=N–C) groups is 1. The smallest absolute Gasteiger partial charge is 0.417 e. The van der Waals surface area contributed by atoms with E-state index in [4.69, 9.17) is 9.47 Å². The van der Waals surface area contributed by atoms with E-state index in [-0.39, 0.29) is 24.0 Å². The molecule has 1 aliphatic heterocycles. The number of halogens is 3. The SMILES string of the molecule is CN=C(NCCOc1ccc(C(F)(F)F)cn1)NCC1CCCOC1C(C)(C)C. The van der Waals surface area contributed by atoms with Crippen LogP contribution in [-0.4, -0.2) is 50.4 Å². The molecule has 0 bridgehead atoms. The van der Waals surface area contributed by atoms with E-state index < -0.39 is 11.7 Å². The number of nitrogens with zero attached hydrogens (tertiary/aromatic N) is 2. The van der Waals surface area contributed by atoms with Crippen LogP contribution in [-0.2, 0) is 10.9 Å². The van der Waals surface area contributed by atoms with Crippen LogP contribution in [0.25, 0.3) is 0 Å². The van der Waals surface area contributed by atoms with E-state index >= 15 is 0 Å². The van der Waals surface area contributed by atoms with Gasteiger partial charge in [0.1, 0.15) is 6.61 Å². The summed E-state index contributed by atoms with van der Waals surface area (Å²) in [6, 6.07) is 2.17. The quantitative estimate of drug-likeness (QED) is 0.422. The lowest BCUT2D eigenvalue weighted by Crippen LogP contribution is -2.48. The van der Waals surface area contributed by atoms with Crippen molar-refractivity contribution in [3.05, 3.63) is 23.9 Å². The molecule has 29 heavy (non-hydrogen) atoms. The van der Waals surface area contributed by atoms with E-state index in [9.17, 15) is 13.2 Å². The first-order valence-corrected chi connectivity index (χ1v) is 9.83. The first-order valence-electron chi connectivity index (χ1n) is 9.83. The molecule has 2 heterocycles. The van der Waals surface area contributed by atoms with Crippen LogP contribution in [0.15, 0.2) is 23.3 Å². The Kier molecular flexibility index (Phi) is 8.13. The Morgan fingerprint density at radius 2 is 2.03 bits per heavy atom. The minimum Gasteiger partial charge on any atom is -0.476 e. The highest BCUT2D eigenvalue weighted by molar-refractivity contribution is 5.79. The van der Waals surface area contributed by atoms with Gasteiger partial charge >= 0.3 is 6.18 Å². The standard InChI is InChI=1S/C20H31F3N4O2/c1-19(2,3)17-14(6-5-10-29-17)12-27-18(24-4)25-9-11-28-16-8-7-15(13-26-16)20(21,22)23/h7-8,13-14,17H,5-6,9-12H2,1-4H3,(H2,24,25,27). The summed E-state index contributed by atoms with van der Waals surface area (Å²) in [7, 11) is 1.69. The number of pyridine rings is 1. The largest absolute Gasteiger partial charge is 0.476 e. The second-order valence-electron chi connectivity index (χ2n) is 8.17. The van der Waals surface area contributed by atoms with E-state index in [1.165, 1.54) is 6.07 Å². The Balaban J connectivity index is 1.73. The molecule has 0 spiro atoms. The Bertz CT molecular complexity index is 657. The summed E-state index contributed by atoms with van der Waals surface area (Å²) in [5.41, 5.74) is -0.723. The zero-order valence-corrected chi connectivity index (χ0v) is 17.5.